The molecule has 28 heavy (non-hydrogen) atoms. The number of nitrogens with one attached hydrogen (secondary N) is 1. The fourth-order valence-corrected chi connectivity index (χ4v) is 4.39. The van der Waals surface area contributed by atoms with E-state index >= 15 is 0 Å². The lowest BCUT2D eigenvalue weighted by molar-refractivity contribution is -0.127. The molecule has 1 N–H and O–H groups in total. The molecule has 6 nitrogen and oxygen atoms in total. The van der Waals surface area contributed by atoms with Crippen molar-refractivity contribution < 1.29 is 9.59 Å². The van der Waals surface area contributed by atoms with Gasteiger partial charge in [-0.15, -0.1) is 0 Å². The topological polar surface area (TPSA) is 71.4 Å². The van der Waals surface area contributed by atoms with Crippen molar-refractivity contribution in [2.45, 2.75) is 51.2 Å². The van der Waals surface area contributed by atoms with E-state index in [1.165, 1.54) is 0 Å². The van der Waals surface area contributed by atoms with Crippen molar-refractivity contribution in [2.24, 2.45) is 0 Å². The smallest absolute Gasteiger partial charge is 0.263 e. The number of hydrogen-bond donors (Lipinski definition) is 1. The molecule has 1 saturated heterocycles. The number of aryl methyl sites for hydroxylation is 1. The second-order valence-corrected chi connectivity index (χ2v) is 7.80. The van der Waals surface area contributed by atoms with Gasteiger partial charge in [0.25, 0.3) is 11.5 Å². The molecule has 1 aliphatic heterocycles. The van der Waals surface area contributed by atoms with Crippen molar-refractivity contribution in [3.05, 3.63) is 69.6 Å². The molecule has 0 spiro atoms. The Bertz CT molecular complexity index is 965. The molecule has 2 amide bonds. The van der Waals surface area contributed by atoms with Gasteiger partial charge < -0.3 is 14.8 Å². The summed E-state index contributed by atoms with van der Waals surface area (Å²) in [5, 5.41) is 3.00. The summed E-state index contributed by atoms with van der Waals surface area (Å²) < 4.78 is 1.56. The van der Waals surface area contributed by atoms with E-state index in [4.69, 9.17) is 0 Å². The van der Waals surface area contributed by atoms with Crippen LogP contribution in [0.5, 0.6) is 0 Å². The van der Waals surface area contributed by atoms with Crippen LogP contribution in [-0.4, -0.2) is 39.9 Å². The molecule has 2 aliphatic rings. The van der Waals surface area contributed by atoms with Crippen LogP contribution < -0.4 is 10.9 Å². The number of amides is 2. The minimum absolute atomic E-state index is 0.00261. The summed E-state index contributed by atoms with van der Waals surface area (Å²) in [6.45, 7) is 2.44. The second kappa shape index (κ2) is 7.62. The third-order valence-corrected chi connectivity index (χ3v) is 5.74. The van der Waals surface area contributed by atoms with Gasteiger partial charge in [-0.3, -0.25) is 14.4 Å². The van der Waals surface area contributed by atoms with Crippen LogP contribution in [0, 0.1) is 6.92 Å². The lowest BCUT2D eigenvalue weighted by Gasteiger charge is -2.43. The maximum atomic E-state index is 13.2. The van der Waals surface area contributed by atoms with Gasteiger partial charge in [-0.25, -0.2) is 0 Å². The average Bonchev–Trinajstić information content (AvgIpc) is 2.68. The van der Waals surface area contributed by atoms with Gasteiger partial charge in [-0.2, -0.15) is 0 Å². The summed E-state index contributed by atoms with van der Waals surface area (Å²) in [7, 11) is 0. The summed E-state index contributed by atoms with van der Waals surface area (Å²) in [6.07, 6.45) is 5.53. The van der Waals surface area contributed by atoms with E-state index in [2.05, 4.69) is 5.32 Å². The number of carbonyl (C=O) groups is 2. The Labute approximate surface area is 164 Å². The van der Waals surface area contributed by atoms with Gasteiger partial charge in [0.1, 0.15) is 12.1 Å². The minimum Gasteiger partial charge on any atom is -0.350 e. The number of carbonyl (C=O) groups excluding carboxylic acids is 2. The quantitative estimate of drug-likeness (QED) is 0.888. The molecule has 0 bridgehead atoms. The first kappa shape index (κ1) is 18.5. The van der Waals surface area contributed by atoms with Crippen LogP contribution in [0.3, 0.4) is 0 Å². The Hall–Kier alpha value is -2.89. The fourth-order valence-electron chi connectivity index (χ4n) is 4.39. The van der Waals surface area contributed by atoms with E-state index in [1.807, 2.05) is 31.2 Å². The van der Waals surface area contributed by atoms with Gasteiger partial charge in [0.05, 0.1) is 12.6 Å². The van der Waals surface area contributed by atoms with Crippen LogP contribution >= 0.6 is 0 Å². The molecule has 1 aliphatic carbocycles. The van der Waals surface area contributed by atoms with E-state index in [0.717, 1.165) is 36.8 Å². The third-order valence-electron chi connectivity index (χ3n) is 5.74. The number of rotatable bonds is 3. The van der Waals surface area contributed by atoms with E-state index in [1.54, 1.807) is 27.8 Å². The molecule has 0 radical (unpaired) electrons. The van der Waals surface area contributed by atoms with Crippen LogP contribution in [0.15, 0.2) is 47.4 Å². The van der Waals surface area contributed by atoms with E-state index in [9.17, 15) is 14.4 Å². The van der Waals surface area contributed by atoms with Crippen molar-refractivity contribution >= 4 is 11.8 Å². The monoisotopic (exact) mass is 379 g/mol. The molecular formula is C22H25N3O3. The van der Waals surface area contributed by atoms with Gasteiger partial charge in [0.2, 0.25) is 5.91 Å². The molecule has 2 heterocycles. The van der Waals surface area contributed by atoms with Crippen molar-refractivity contribution in [3.8, 4) is 0 Å². The molecule has 6 heteroatoms. The standard InChI is InChI=1S/C22H25N3O3/c1-15-6-4-7-16(12-15)13-24-11-5-8-17(21(24)27)22(28)25-14-20(26)23-18-9-2-3-10-19(18)25/h4-8,11-12,18-19H,2-3,9-10,13-14H2,1H3,(H,23,26)/t18-,19+/m1/s1. The van der Waals surface area contributed by atoms with Crippen molar-refractivity contribution in [2.75, 3.05) is 6.54 Å². The Balaban J connectivity index is 1.62. The third kappa shape index (κ3) is 3.59. The van der Waals surface area contributed by atoms with E-state index in [-0.39, 0.29) is 41.6 Å². The lowest BCUT2D eigenvalue weighted by Crippen LogP contribution is -2.63. The van der Waals surface area contributed by atoms with Gasteiger partial charge in [-0.05, 0) is 37.5 Å². The molecule has 4 rings (SSSR count). The SMILES string of the molecule is Cc1cccc(Cn2cccc(C(=O)N3CC(=O)N[C@@H]4CCCC[C@@H]43)c2=O)c1. The van der Waals surface area contributed by atoms with Crippen LogP contribution in [0.2, 0.25) is 0 Å². The highest BCUT2D eigenvalue weighted by atomic mass is 16.2. The van der Waals surface area contributed by atoms with Gasteiger partial charge >= 0.3 is 0 Å². The first-order chi connectivity index (χ1) is 13.5. The van der Waals surface area contributed by atoms with Crippen LogP contribution in [0.1, 0.15) is 47.2 Å². The number of fused-ring (bicyclic) bond motifs is 1. The summed E-state index contributed by atoms with van der Waals surface area (Å²) in [6, 6.07) is 11.2. The largest absolute Gasteiger partial charge is 0.350 e. The fraction of sp³-hybridized carbons (Fsp3) is 0.409. The van der Waals surface area contributed by atoms with E-state index in [0.29, 0.717) is 6.54 Å². The Kier molecular flexibility index (Phi) is 5.03. The molecule has 2 atom stereocenters. The van der Waals surface area contributed by atoms with Crippen molar-refractivity contribution in [1.82, 2.24) is 14.8 Å². The summed E-state index contributed by atoms with van der Waals surface area (Å²) in [5.41, 5.74) is 1.96. The number of hydrogen-bond acceptors (Lipinski definition) is 3. The molecule has 2 fully saturated rings. The molecular weight excluding hydrogens is 354 g/mol. The summed E-state index contributed by atoms with van der Waals surface area (Å²) >= 11 is 0. The molecule has 1 saturated carbocycles. The number of nitrogens with zero attached hydrogens (tertiary/aromatic N) is 2. The van der Waals surface area contributed by atoms with Gasteiger partial charge in [-0.1, -0.05) is 42.7 Å². The number of aromatic nitrogens is 1. The Morgan fingerprint density at radius 1 is 1.14 bits per heavy atom. The van der Waals surface area contributed by atoms with Gasteiger partial charge in [0, 0.05) is 12.2 Å². The normalized spacial score (nSPS) is 21.8. The zero-order valence-corrected chi connectivity index (χ0v) is 16.1. The van der Waals surface area contributed by atoms with Crippen molar-refractivity contribution in [3.63, 3.8) is 0 Å². The van der Waals surface area contributed by atoms with E-state index < -0.39 is 0 Å². The predicted octanol–water partition coefficient (Wildman–Crippen LogP) is 2.09. The Morgan fingerprint density at radius 2 is 1.96 bits per heavy atom. The highest BCUT2D eigenvalue weighted by Gasteiger charge is 2.39. The predicted molar refractivity (Wildman–Crippen MR) is 106 cm³/mol. The highest BCUT2D eigenvalue weighted by molar-refractivity contribution is 5.97. The van der Waals surface area contributed by atoms with Crippen LogP contribution in [0.4, 0.5) is 0 Å². The number of benzene rings is 1. The number of pyridine rings is 1. The second-order valence-electron chi connectivity index (χ2n) is 7.80. The van der Waals surface area contributed by atoms with Crippen molar-refractivity contribution in [1.29, 1.82) is 0 Å². The minimum atomic E-state index is -0.338. The molecule has 2 aromatic rings. The maximum Gasteiger partial charge on any atom is 0.263 e. The highest BCUT2D eigenvalue weighted by Crippen LogP contribution is 2.26. The zero-order chi connectivity index (χ0) is 19.7. The van der Waals surface area contributed by atoms with Crippen LogP contribution in [0.25, 0.3) is 0 Å². The molecule has 1 aromatic heterocycles. The van der Waals surface area contributed by atoms with Crippen LogP contribution in [-0.2, 0) is 11.3 Å². The summed E-state index contributed by atoms with van der Waals surface area (Å²) in [5.74, 6) is -0.483. The summed E-state index contributed by atoms with van der Waals surface area (Å²) in [4.78, 5) is 39.9. The number of piperazine rings is 1. The first-order valence-corrected chi connectivity index (χ1v) is 9.88. The molecule has 146 valence electrons. The molecule has 0 unspecified atom stereocenters. The molecule has 1 aromatic carbocycles. The van der Waals surface area contributed by atoms with Gasteiger partial charge in [0.15, 0.2) is 0 Å². The lowest BCUT2D eigenvalue weighted by atomic mass is 9.87. The zero-order valence-electron chi connectivity index (χ0n) is 16.1. The first-order valence-electron chi connectivity index (χ1n) is 9.88. The average molecular weight is 379 g/mol. The maximum absolute atomic E-state index is 13.2. The Morgan fingerprint density at radius 3 is 2.79 bits per heavy atom.